The van der Waals surface area contributed by atoms with E-state index in [4.69, 9.17) is 0 Å². The molecule has 120 valence electrons. The molecule has 2 rings (SSSR count). The van der Waals surface area contributed by atoms with E-state index in [1.165, 1.54) is 19.3 Å². The summed E-state index contributed by atoms with van der Waals surface area (Å²) in [4.78, 5) is 27.1. The number of carbonyl (C=O) groups is 2. The van der Waals surface area contributed by atoms with Crippen molar-refractivity contribution >= 4 is 11.8 Å². The maximum atomic E-state index is 13.0. The van der Waals surface area contributed by atoms with Crippen molar-refractivity contribution in [3.05, 3.63) is 0 Å². The monoisotopic (exact) mass is 294 g/mol. The Labute approximate surface area is 128 Å². The van der Waals surface area contributed by atoms with Gasteiger partial charge < -0.3 is 10.2 Å². The van der Waals surface area contributed by atoms with Gasteiger partial charge in [-0.1, -0.05) is 40.5 Å². The second-order valence-corrected chi connectivity index (χ2v) is 7.03. The van der Waals surface area contributed by atoms with Crippen LogP contribution in [0.5, 0.6) is 0 Å². The quantitative estimate of drug-likeness (QED) is 0.866. The molecule has 4 heteroatoms. The van der Waals surface area contributed by atoms with E-state index in [1.54, 1.807) is 0 Å². The van der Waals surface area contributed by atoms with Crippen LogP contribution < -0.4 is 5.32 Å². The molecule has 21 heavy (non-hydrogen) atoms. The van der Waals surface area contributed by atoms with E-state index in [0.717, 1.165) is 6.42 Å². The summed E-state index contributed by atoms with van der Waals surface area (Å²) in [5.41, 5.74) is -0.672. The highest BCUT2D eigenvalue weighted by molar-refractivity contribution is 5.98. The van der Waals surface area contributed by atoms with Gasteiger partial charge in [-0.2, -0.15) is 0 Å². The zero-order valence-electron chi connectivity index (χ0n) is 13.9. The Balaban J connectivity index is 2.28. The lowest BCUT2D eigenvalue weighted by atomic mass is 9.76. The highest BCUT2D eigenvalue weighted by Crippen LogP contribution is 2.36. The summed E-state index contributed by atoms with van der Waals surface area (Å²) >= 11 is 0. The van der Waals surface area contributed by atoms with Crippen molar-refractivity contribution in [2.75, 3.05) is 6.54 Å². The molecule has 2 aliphatic rings. The van der Waals surface area contributed by atoms with Crippen LogP contribution in [0.2, 0.25) is 0 Å². The molecule has 4 nitrogen and oxygen atoms in total. The van der Waals surface area contributed by atoms with Crippen molar-refractivity contribution in [2.45, 2.75) is 77.8 Å². The summed E-state index contributed by atoms with van der Waals surface area (Å²) in [5, 5.41) is 2.96. The number of nitrogens with one attached hydrogen (secondary N) is 1. The van der Waals surface area contributed by atoms with E-state index in [9.17, 15) is 9.59 Å². The van der Waals surface area contributed by atoms with E-state index in [-0.39, 0.29) is 24.4 Å². The first-order chi connectivity index (χ1) is 9.95. The van der Waals surface area contributed by atoms with Gasteiger partial charge in [-0.3, -0.25) is 9.59 Å². The summed E-state index contributed by atoms with van der Waals surface area (Å²) in [6.45, 7) is 8.71. The van der Waals surface area contributed by atoms with Crippen molar-refractivity contribution in [2.24, 2.45) is 11.8 Å². The van der Waals surface area contributed by atoms with Gasteiger partial charge in [-0.25, -0.2) is 0 Å². The number of nitrogens with zero attached hydrogens (tertiary/aromatic N) is 1. The minimum Gasteiger partial charge on any atom is -0.340 e. The zero-order valence-corrected chi connectivity index (χ0v) is 13.9. The van der Waals surface area contributed by atoms with Gasteiger partial charge >= 0.3 is 0 Å². The van der Waals surface area contributed by atoms with E-state index >= 15 is 0 Å². The number of hydrogen-bond donors (Lipinski definition) is 1. The minimum atomic E-state index is -0.672. The standard InChI is InChI=1S/C17H30N2O2/c1-5-17(6-2)16(21)19(11-15(20)18-17)14-10-8-7-9-13(14)12(3)4/h12-14H,5-11H2,1-4H3,(H,18,20). The van der Waals surface area contributed by atoms with Gasteiger partial charge in [-0.05, 0) is 37.5 Å². The van der Waals surface area contributed by atoms with Crippen molar-refractivity contribution in [1.29, 1.82) is 0 Å². The maximum Gasteiger partial charge on any atom is 0.249 e. The third-order valence-corrected chi connectivity index (χ3v) is 5.61. The maximum absolute atomic E-state index is 13.0. The Bertz CT molecular complexity index is 402. The summed E-state index contributed by atoms with van der Waals surface area (Å²) in [7, 11) is 0. The number of hydrogen-bond acceptors (Lipinski definition) is 2. The molecule has 1 saturated heterocycles. The number of amides is 2. The normalized spacial score (nSPS) is 29.7. The van der Waals surface area contributed by atoms with Gasteiger partial charge in [0.15, 0.2) is 0 Å². The summed E-state index contributed by atoms with van der Waals surface area (Å²) in [5.74, 6) is 1.24. The highest BCUT2D eigenvalue weighted by Gasteiger charge is 2.47. The third-order valence-electron chi connectivity index (χ3n) is 5.61. The van der Waals surface area contributed by atoms with Crippen LogP contribution in [0.25, 0.3) is 0 Å². The molecule has 1 aliphatic carbocycles. The average molecular weight is 294 g/mol. The Morgan fingerprint density at radius 3 is 2.38 bits per heavy atom. The van der Waals surface area contributed by atoms with E-state index in [2.05, 4.69) is 19.2 Å². The molecule has 1 heterocycles. The van der Waals surface area contributed by atoms with Crippen LogP contribution in [-0.2, 0) is 9.59 Å². The molecule has 1 aliphatic heterocycles. The van der Waals surface area contributed by atoms with Crippen LogP contribution in [0.1, 0.15) is 66.2 Å². The number of carbonyl (C=O) groups excluding carboxylic acids is 2. The van der Waals surface area contributed by atoms with Crippen molar-refractivity contribution in [3.8, 4) is 0 Å². The molecule has 2 unspecified atom stereocenters. The first-order valence-corrected chi connectivity index (χ1v) is 8.57. The van der Waals surface area contributed by atoms with Crippen LogP contribution in [0.4, 0.5) is 0 Å². The van der Waals surface area contributed by atoms with E-state index < -0.39 is 5.54 Å². The zero-order chi connectivity index (χ0) is 15.6. The molecule has 0 aromatic heterocycles. The van der Waals surface area contributed by atoms with Gasteiger partial charge in [0.05, 0.1) is 6.54 Å². The van der Waals surface area contributed by atoms with Crippen LogP contribution in [-0.4, -0.2) is 34.8 Å². The van der Waals surface area contributed by atoms with Gasteiger partial charge in [0.1, 0.15) is 5.54 Å². The Morgan fingerprint density at radius 2 is 1.81 bits per heavy atom. The largest absolute Gasteiger partial charge is 0.340 e. The number of piperazine rings is 1. The summed E-state index contributed by atoms with van der Waals surface area (Å²) in [6.07, 6.45) is 5.99. The molecule has 2 fully saturated rings. The van der Waals surface area contributed by atoms with Gasteiger partial charge in [-0.15, -0.1) is 0 Å². The van der Waals surface area contributed by atoms with Crippen molar-refractivity contribution in [3.63, 3.8) is 0 Å². The fourth-order valence-electron chi connectivity index (χ4n) is 4.16. The SMILES string of the molecule is CCC1(CC)NC(=O)CN(C2CCCCC2C(C)C)C1=O. The van der Waals surface area contributed by atoms with Crippen molar-refractivity contribution in [1.82, 2.24) is 10.2 Å². The van der Waals surface area contributed by atoms with Gasteiger partial charge in [0.2, 0.25) is 11.8 Å². The second-order valence-electron chi connectivity index (χ2n) is 7.03. The molecular weight excluding hydrogens is 264 g/mol. The molecule has 1 N–H and O–H groups in total. The first kappa shape index (κ1) is 16.3. The number of rotatable bonds is 4. The fraction of sp³-hybridized carbons (Fsp3) is 0.882. The van der Waals surface area contributed by atoms with Gasteiger partial charge in [0, 0.05) is 6.04 Å². The van der Waals surface area contributed by atoms with Crippen LogP contribution in [0.15, 0.2) is 0 Å². The topological polar surface area (TPSA) is 49.4 Å². The molecule has 2 atom stereocenters. The Morgan fingerprint density at radius 1 is 1.19 bits per heavy atom. The molecular formula is C17H30N2O2. The minimum absolute atomic E-state index is 0.00591. The molecule has 0 aromatic rings. The predicted molar refractivity (Wildman–Crippen MR) is 83.8 cm³/mol. The molecule has 0 radical (unpaired) electrons. The molecule has 0 aromatic carbocycles. The highest BCUT2D eigenvalue weighted by atomic mass is 16.2. The van der Waals surface area contributed by atoms with E-state index in [1.807, 2.05) is 18.7 Å². The fourth-order valence-corrected chi connectivity index (χ4v) is 4.16. The third kappa shape index (κ3) is 2.95. The Kier molecular flexibility index (Phi) is 4.95. The van der Waals surface area contributed by atoms with Crippen LogP contribution in [0, 0.1) is 11.8 Å². The lowest BCUT2D eigenvalue weighted by Crippen LogP contribution is -2.69. The molecule has 0 spiro atoms. The second kappa shape index (κ2) is 6.37. The molecule has 2 amide bonds. The average Bonchev–Trinajstić information content (AvgIpc) is 2.49. The summed E-state index contributed by atoms with van der Waals surface area (Å²) in [6, 6.07) is 0.245. The molecule has 1 saturated carbocycles. The summed E-state index contributed by atoms with van der Waals surface area (Å²) < 4.78 is 0. The van der Waals surface area contributed by atoms with Crippen molar-refractivity contribution < 1.29 is 9.59 Å². The first-order valence-electron chi connectivity index (χ1n) is 8.57. The molecule has 0 bridgehead atoms. The van der Waals surface area contributed by atoms with E-state index in [0.29, 0.717) is 24.7 Å². The van der Waals surface area contributed by atoms with Crippen LogP contribution in [0.3, 0.4) is 0 Å². The lowest BCUT2D eigenvalue weighted by molar-refractivity contribution is -0.155. The smallest absolute Gasteiger partial charge is 0.249 e. The lowest BCUT2D eigenvalue weighted by Gasteiger charge is -2.48. The Hall–Kier alpha value is -1.06. The van der Waals surface area contributed by atoms with Gasteiger partial charge in [0.25, 0.3) is 0 Å². The predicted octanol–water partition coefficient (Wildman–Crippen LogP) is 2.72. The van der Waals surface area contributed by atoms with Crippen LogP contribution >= 0.6 is 0 Å².